The van der Waals surface area contributed by atoms with E-state index in [1.54, 1.807) is 31.4 Å². The van der Waals surface area contributed by atoms with Gasteiger partial charge >= 0.3 is 0 Å². The molecule has 0 bridgehead atoms. The summed E-state index contributed by atoms with van der Waals surface area (Å²) in [5.74, 6) is 1.71. The zero-order valence-corrected chi connectivity index (χ0v) is 16.0. The number of rotatable bonds is 7. The molecule has 3 aromatic rings. The van der Waals surface area contributed by atoms with Crippen molar-refractivity contribution in [2.75, 3.05) is 7.11 Å². The van der Waals surface area contributed by atoms with E-state index in [4.69, 9.17) is 9.47 Å². The van der Waals surface area contributed by atoms with Crippen LogP contribution in [0.4, 0.5) is 0 Å². The smallest absolute Gasteiger partial charge is 0.206 e. The molecule has 0 fully saturated rings. The first-order valence-electron chi connectivity index (χ1n) is 8.57. The van der Waals surface area contributed by atoms with Gasteiger partial charge in [0.05, 0.1) is 7.11 Å². The van der Waals surface area contributed by atoms with Crippen molar-refractivity contribution in [3.05, 3.63) is 81.5 Å². The normalized spacial score (nSPS) is 10.8. The molecule has 3 nitrogen and oxygen atoms in total. The van der Waals surface area contributed by atoms with Crippen molar-refractivity contribution in [1.29, 1.82) is 0 Å². The zero-order chi connectivity index (χ0) is 18.5. The quantitative estimate of drug-likeness (QED) is 0.504. The number of carbonyl (C=O) groups is 1. The SMILES string of the molecule is COc1ccc(C(=O)c2sc(C(C)C)cc2OCc2ccccc2)cc1. The van der Waals surface area contributed by atoms with Crippen molar-refractivity contribution < 1.29 is 14.3 Å². The van der Waals surface area contributed by atoms with Crippen molar-refractivity contribution in [2.45, 2.75) is 26.4 Å². The zero-order valence-electron chi connectivity index (χ0n) is 15.2. The minimum Gasteiger partial charge on any atom is -0.497 e. The van der Waals surface area contributed by atoms with Crippen LogP contribution in [0.3, 0.4) is 0 Å². The van der Waals surface area contributed by atoms with Crippen molar-refractivity contribution in [2.24, 2.45) is 0 Å². The molecule has 0 N–H and O–H groups in total. The predicted molar refractivity (Wildman–Crippen MR) is 106 cm³/mol. The molecule has 0 amide bonds. The maximum absolute atomic E-state index is 13.0. The molecule has 0 saturated heterocycles. The van der Waals surface area contributed by atoms with Gasteiger partial charge in [-0.25, -0.2) is 0 Å². The van der Waals surface area contributed by atoms with Crippen LogP contribution in [-0.2, 0) is 6.61 Å². The Hall–Kier alpha value is -2.59. The average molecular weight is 366 g/mol. The monoisotopic (exact) mass is 366 g/mol. The van der Waals surface area contributed by atoms with E-state index in [9.17, 15) is 4.79 Å². The van der Waals surface area contributed by atoms with Gasteiger partial charge in [0, 0.05) is 10.4 Å². The molecule has 0 saturated carbocycles. The summed E-state index contributed by atoms with van der Waals surface area (Å²) in [5, 5.41) is 0. The summed E-state index contributed by atoms with van der Waals surface area (Å²) in [6.45, 7) is 4.68. The Bertz CT molecular complexity index is 864. The molecule has 1 heterocycles. The lowest BCUT2D eigenvalue weighted by molar-refractivity contribution is 0.103. The third-order valence-electron chi connectivity index (χ3n) is 4.08. The number of hydrogen-bond acceptors (Lipinski definition) is 4. The number of methoxy groups -OCH3 is 1. The molecule has 0 aliphatic rings. The molecule has 0 aliphatic heterocycles. The number of hydrogen-bond donors (Lipinski definition) is 0. The summed E-state index contributed by atoms with van der Waals surface area (Å²) < 4.78 is 11.2. The van der Waals surface area contributed by atoms with Crippen molar-refractivity contribution >= 4 is 17.1 Å². The molecule has 0 radical (unpaired) electrons. The predicted octanol–water partition coefficient (Wildman–Crippen LogP) is 5.69. The molecule has 4 heteroatoms. The van der Waals surface area contributed by atoms with Gasteiger partial charge in [-0.15, -0.1) is 11.3 Å². The fourth-order valence-electron chi connectivity index (χ4n) is 2.55. The highest BCUT2D eigenvalue weighted by molar-refractivity contribution is 7.14. The van der Waals surface area contributed by atoms with E-state index < -0.39 is 0 Å². The van der Waals surface area contributed by atoms with E-state index in [1.165, 1.54) is 11.3 Å². The summed E-state index contributed by atoms with van der Waals surface area (Å²) in [7, 11) is 1.61. The van der Waals surface area contributed by atoms with Gasteiger partial charge < -0.3 is 9.47 Å². The third kappa shape index (κ3) is 4.14. The molecular formula is C22H22O3S. The van der Waals surface area contributed by atoms with E-state index in [1.807, 2.05) is 36.4 Å². The Morgan fingerprint density at radius 1 is 1.04 bits per heavy atom. The summed E-state index contributed by atoms with van der Waals surface area (Å²) in [6, 6.07) is 19.1. The third-order valence-corrected chi connectivity index (χ3v) is 5.50. The first-order chi connectivity index (χ1) is 12.6. The van der Waals surface area contributed by atoms with Crippen LogP contribution < -0.4 is 9.47 Å². The molecular weight excluding hydrogens is 344 g/mol. The summed E-state index contributed by atoms with van der Waals surface area (Å²) in [5.41, 5.74) is 1.71. The number of benzene rings is 2. The molecule has 1 aromatic heterocycles. The van der Waals surface area contributed by atoms with Gasteiger partial charge in [0.15, 0.2) is 0 Å². The van der Waals surface area contributed by atoms with E-state index >= 15 is 0 Å². The summed E-state index contributed by atoms with van der Waals surface area (Å²) in [4.78, 5) is 14.8. The van der Waals surface area contributed by atoms with Crippen LogP contribution in [0.15, 0.2) is 60.7 Å². The summed E-state index contributed by atoms with van der Waals surface area (Å²) >= 11 is 1.51. The van der Waals surface area contributed by atoms with Gasteiger partial charge in [-0.3, -0.25) is 4.79 Å². The maximum Gasteiger partial charge on any atom is 0.206 e. The largest absolute Gasteiger partial charge is 0.497 e. The average Bonchev–Trinajstić information content (AvgIpc) is 3.11. The van der Waals surface area contributed by atoms with Gasteiger partial charge in [0.2, 0.25) is 5.78 Å². The molecule has 3 rings (SSSR count). The molecule has 134 valence electrons. The minimum atomic E-state index is -0.0207. The maximum atomic E-state index is 13.0. The molecule has 0 unspecified atom stereocenters. The van der Waals surface area contributed by atoms with Crippen LogP contribution in [0.5, 0.6) is 11.5 Å². The highest BCUT2D eigenvalue weighted by Crippen LogP contribution is 2.36. The first kappa shape index (κ1) is 18.2. The van der Waals surface area contributed by atoms with Crippen LogP contribution >= 0.6 is 11.3 Å². The Morgan fingerprint density at radius 3 is 2.35 bits per heavy atom. The van der Waals surface area contributed by atoms with E-state index in [0.29, 0.717) is 28.7 Å². The lowest BCUT2D eigenvalue weighted by Crippen LogP contribution is -2.03. The molecule has 26 heavy (non-hydrogen) atoms. The van der Waals surface area contributed by atoms with Crippen molar-refractivity contribution in [3.8, 4) is 11.5 Å². The van der Waals surface area contributed by atoms with Gasteiger partial charge in [-0.2, -0.15) is 0 Å². The minimum absolute atomic E-state index is 0.0207. The van der Waals surface area contributed by atoms with Crippen molar-refractivity contribution in [1.82, 2.24) is 0 Å². The highest BCUT2D eigenvalue weighted by atomic mass is 32.1. The van der Waals surface area contributed by atoms with Crippen LogP contribution in [0.1, 0.15) is 45.4 Å². The highest BCUT2D eigenvalue weighted by Gasteiger charge is 2.20. The topological polar surface area (TPSA) is 35.5 Å². The summed E-state index contributed by atoms with van der Waals surface area (Å²) in [6.07, 6.45) is 0. The number of ketones is 1. The van der Waals surface area contributed by atoms with E-state index in [-0.39, 0.29) is 5.78 Å². The number of ether oxygens (including phenoxy) is 2. The fraction of sp³-hybridized carbons (Fsp3) is 0.227. The molecule has 2 aromatic carbocycles. The van der Waals surface area contributed by atoms with Crippen LogP contribution in [0, 0.1) is 0 Å². The van der Waals surface area contributed by atoms with E-state index in [2.05, 4.69) is 13.8 Å². The van der Waals surface area contributed by atoms with Gasteiger partial charge in [0.25, 0.3) is 0 Å². The standard InChI is InChI=1S/C22H22O3S/c1-15(2)20-13-19(25-14-16-7-5-4-6-8-16)22(26-20)21(23)17-9-11-18(24-3)12-10-17/h4-13,15H,14H2,1-3H3. The molecule has 0 spiro atoms. The van der Waals surface area contributed by atoms with Crippen molar-refractivity contribution in [3.63, 3.8) is 0 Å². The van der Waals surface area contributed by atoms with Gasteiger partial charge in [-0.05, 0) is 41.8 Å². The Labute approximate surface area is 158 Å². The second-order valence-electron chi connectivity index (χ2n) is 6.33. The number of carbonyl (C=O) groups excluding carboxylic acids is 1. The fourth-order valence-corrected chi connectivity index (χ4v) is 3.62. The molecule has 0 aliphatic carbocycles. The van der Waals surface area contributed by atoms with Gasteiger partial charge in [-0.1, -0.05) is 44.2 Å². The van der Waals surface area contributed by atoms with Crippen LogP contribution in [0.25, 0.3) is 0 Å². The molecule has 0 atom stereocenters. The lowest BCUT2D eigenvalue weighted by Gasteiger charge is -2.07. The first-order valence-corrected chi connectivity index (χ1v) is 9.39. The van der Waals surface area contributed by atoms with Crippen LogP contribution in [0.2, 0.25) is 0 Å². The Balaban J connectivity index is 1.87. The van der Waals surface area contributed by atoms with Crippen LogP contribution in [-0.4, -0.2) is 12.9 Å². The Morgan fingerprint density at radius 2 is 1.73 bits per heavy atom. The second kappa shape index (κ2) is 8.19. The number of thiophene rings is 1. The second-order valence-corrected chi connectivity index (χ2v) is 7.41. The van der Waals surface area contributed by atoms with E-state index in [0.717, 1.165) is 16.2 Å². The Kier molecular flexibility index (Phi) is 5.74. The lowest BCUT2D eigenvalue weighted by atomic mass is 10.1. The van der Waals surface area contributed by atoms with Gasteiger partial charge in [0.1, 0.15) is 23.0 Å².